The molecule has 1 amide bonds. The van der Waals surface area contributed by atoms with Gasteiger partial charge in [-0.05, 0) is 6.92 Å². The van der Waals surface area contributed by atoms with Crippen molar-refractivity contribution in [2.24, 2.45) is 5.73 Å². The van der Waals surface area contributed by atoms with Crippen molar-refractivity contribution in [1.29, 1.82) is 0 Å². The lowest BCUT2D eigenvalue weighted by Gasteiger charge is -2.14. The van der Waals surface area contributed by atoms with Crippen molar-refractivity contribution >= 4 is 11.9 Å². The fourth-order valence-electron chi connectivity index (χ4n) is 0.625. The van der Waals surface area contributed by atoms with Crippen LogP contribution >= 0.6 is 0 Å². The van der Waals surface area contributed by atoms with E-state index >= 15 is 0 Å². The first-order valence-corrected chi connectivity index (χ1v) is 3.77. The lowest BCUT2D eigenvalue weighted by molar-refractivity contribution is -0.146. The lowest BCUT2D eigenvalue weighted by Crippen LogP contribution is -2.49. The monoisotopic (exact) mass is 190 g/mol. The van der Waals surface area contributed by atoms with E-state index in [0.29, 0.717) is 0 Å². The smallest absolute Gasteiger partial charge is 0.330 e. The molecule has 0 spiro atoms. The molecule has 0 aromatic rings. The molecule has 0 aromatic heterocycles. The molecule has 0 radical (unpaired) electrons. The highest BCUT2D eigenvalue weighted by Crippen LogP contribution is 1.87. The van der Waals surface area contributed by atoms with Gasteiger partial charge < -0.3 is 20.9 Å². The van der Waals surface area contributed by atoms with Gasteiger partial charge in [-0.2, -0.15) is 0 Å². The summed E-state index contributed by atoms with van der Waals surface area (Å²) in [5.74, 6) is -1.21. The SMILES string of the molecule is COC(=O)C(CO)NC(=O)[C@H](C)N. The molecule has 0 saturated carbocycles. The van der Waals surface area contributed by atoms with Crippen LogP contribution in [0.1, 0.15) is 6.92 Å². The summed E-state index contributed by atoms with van der Waals surface area (Å²) in [4.78, 5) is 21.8. The van der Waals surface area contributed by atoms with Crippen LogP contribution in [0.25, 0.3) is 0 Å². The van der Waals surface area contributed by atoms with Gasteiger partial charge >= 0.3 is 5.97 Å². The van der Waals surface area contributed by atoms with Gasteiger partial charge in [0.2, 0.25) is 5.91 Å². The number of rotatable bonds is 4. The Bertz CT molecular complexity index is 193. The zero-order chi connectivity index (χ0) is 10.4. The summed E-state index contributed by atoms with van der Waals surface area (Å²) in [5.41, 5.74) is 5.23. The number of nitrogens with two attached hydrogens (primary N) is 1. The molecule has 13 heavy (non-hydrogen) atoms. The Morgan fingerprint density at radius 1 is 1.62 bits per heavy atom. The van der Waals surface area contributed by atoms with Gasteiger partial charge in [-0.25, -0.2) is 4.79 Å². The quantitative estimate of drug-likeness (QED) is 0.444. The summed E-state index contributed by atoms with van der Waals surface area (Å²) in [5, 5.41) is 10.9. The first-order chi connectivity index (χ1) is 6.02. The van der Waals surface area contributed by atoms with Crippen molar-refractivity contribution in [3.05, 3.63) is 0 Å². The summed E-state index contributed by atoms with van der Waals surface area (Å²) in [6, 6.07) is -1.76. The molecule has 6 heteroatoms. The topological polar surface area (TPSA) is 102 Å². The number of esters is 1. The highest BCUT2D eigenvalue weighted by atomic mass is 16.5. The van der Waals surface area contributed by atoms with E-state index in [9.17, 15) is 9.59 Å². The number of carbonyl (C=O) groups excluding carboxylic acids is 2. The number of ether oxygens (including phenoxy) is 1. The summed E-state index contributed by atoms with van der Waals surface area (Å²) in [7, 11) is 1.17. The molecule has 0 rings (SSSR count). The second-order valence-electron chi connectivity index (χ2n) is 2.56. The molecule has 0 aromatic carbocycles. The van der Waals surface area contributed by atoms with Crippen molar-refractivity contribution in [2.75, 3.05) is 13.7 Å². The van der Waals surface area contributed by atoms with Gasteiger partial charge in [0.25, 0.3) is 0 Å². The summed E-state index contributed by atoms with van der Waals surface area (Å²) in [6.45, 7) is 0.964. The van der Waals surface area contributed by atoms with Gasteiger partial charge in [0.15, 0.2) is 6.04 Å². The average molecular weight is 190 g/mol. The molecule has 0 fully saturated rings. The summed E-state index contributed by atoms with van der Waals surface area (Å²) < 4.78 is 4.33. The minimum Gasteiger partial charge on any atom is -0.467 e. The zero-order valence-corrected chi connectivity index (χ0v) is 7.61. The van der Waals surface area contributed by atoms with Crippen molar-refractivity contribution in [3.63, 3.8) is 0 Å². The molecule has 0 bridgehead atoms. The van der Waals surface area contributed by atoms with Crippen LogP contribution in [-0.4, -0.2) is 42.8 Å². The zero-order valence-electron chi connectivity index (χ0n) is 7.61. The van der Waals surface area contributed by atoms with Gasteiger partial charge in [-0.3, -0.25) is 4.79 Å². The molecular weight excluding hydrogens is 176 g/mol. The number of nitrogens with one attached hydrogen (secondary N) is 1. The highest BCUT2D eigenvalue weighted by molar-refractivity contribution is 5.87. The van der Waals surface area contributed by atoms with Crippen LogP contribution in [0.5, 0.6) is 0 Å². The van der Waals surface area contributed by atoms with Crippen LogP contribution in [0, 0.1) is 0 Å². The van der Waals surface area contributed by atoms with Crippen LogP contribution < -0.4 is 11.1 Å². The van der Waals surface area contributed by atoms with E-state index in [1.54, 1.807) is 0 Å². The molecule has 2 atom stereocenters. The standard InChI is InChI=1S/C7H14N2O4/c1-4(8)6(11)9-5(3-10)7(12)13-2/h4-5,10H,3,8H2,1-2H3,(H,9,11)/t4-,5?/m0/s1. The third kappa shape index (κ3) is 3.86. The van der Waals surface area contributed by atoms with Crippen LogP contribution in [0.15, 0.2) is 0 Å². The highest BCUT2D eigenvalue weighted by Gasteiger charge is 2.21. The Morgan fingerprint density at radius 2 is 2.15 bits per heavy atom. The van der Waals surface area contributed by atoms with E-state index in [-0.39, 0.29) is 0 Å². The molecule has 0 heterocycles. The minimum atomic E-state index is -1.04. The molecule has 76 valence electrons. The Morgan fingerprint density at radius 3 is 2.46 bits per heavy atom. The van der Waals surface area contributed by atoms with Crippen LogP contribution in [0.2, 0.25) is 0 Å². The van der Waals surface area contributed by atoms with E-state index in [0.717, 1.165) is 0 Å². The first-order valence-electron chi connectivity index (χ1n) is 3.77. The van der Waals surface area contributed by atoms with Crippen molar-refractivity contribution in [3.8, 4) is 0 Å². The Balaban J connectivity index is 4.13. The first kappa shape index (κ1) is 11.9. The minimum absolute atomic E-state index is 0.509. The molecule has 0 aliphatic rings. The number of amides is 1. The number of aliphatic hydroxyl groups is 1. The molecular formula is C7H14N2O4. The number of methoxy groups -OCH3 is 1. The van der Waals surface area contributed by atoms with Crippen molar-refractivity contribution in [2.45, 2.75) is 19.0 Å². The molecule has 0 aliphatic heterocycles. The second-order valence-corrected chi connectivity index (χ2v) is 2.56. The van der Waals surface area contributed by atoms with E-state index in [1.165, 1.54) is 14.0 Å². The maximum atomic E-state index is 11.0. The van der Waals surface area contributed by atoms with Crippen LogP contribution in [0.4, 0.5) is 0 Å². The normalized spacial score (nSPS) is 14.5. The number of hydrogen-bond donors (Lipinski definition) is 3. The maximum absolute atomic E-state index is 11.0. The van der Waals surface area contributed by atoms with Gasteiger partial charge in [-0.1, -0.05) is 0 Å². The average Bonchev–Trinajstić information content (AvgIpc) is 2.12. The van der Waals surface area contributed by atoms with Crippen LogP contribution in [0.3, 0.4) is 0 Å². The molecule has 0 saturated heterocycles. The maximum Gasteiger partial charge on any atom is 0.330 e. The van der Waals surface area contributed by atoms with E-state index in [4.69, 9.17) is 10.8 Å². The van der Waals surface area contributed by atoms with Gasteiger partial charge in [0.05, 0.1) is 19.8 Å². The Hall–Kier alpha value is -1.14. The molecule has 1 unspecified atom stereocenters. The Labute approximate surface area is 76.0 Å². The Kier molecular flexibility index (Phi) is 5.01. The predicted octanol–water partition coefficient (Wildman–Crippen LogP) is -2.02. The molecule has 4 N–H and O–H groups in total. The van der Waals surface area contributed by atoms with Gasteiger partial charge in [0.1, 0.15) is 0 Å². The summed E-state index contributed by atoms with van der Waals surface area (Å²) in [6.07, 6.45) is 0. The summed E-state index contributed by atoms with van der Waals surface area (Å²) >= 11 is 0. The van der Waals surface area contributed by atoms with Gasteiger partial charge in [-0.15, -0.1) is 0 Å². The van der Waals surface area contributed by atoms with E-state index in [1.807, 2.05) is 0 Å². The van der Waals surface area contributed by atoms with E-state index < -0.39 is 30.6 Å². The lowest BCUT2D eigenvalue weighted by atomic mass is 10.2. The third-order valence-electron chi connectivity index (χ3n) is 1.40. The number of hydrogen-bond acceptors (Lipinski definition) is 5. The van der Waals surface area contributed by atoms with Gasteiger partial charge in [0, 0.05) is 0 Å². The molecule has 6 nitrogen and oxygen atoms in total. The van der Waals surface area contributed by atoms with Crippen molar-refractivity contribution in [1.82, 2.24) is 5.32 Å². The second kappa shape index (κ2) is 5.50. The fraction of sp³-hybridized carbons (Fsp3) is 0.714. The molecule has 0 aliphatic carbocycles. The number of carbonyl (C=O) groups is 2. The van der Waals surface area contributed by atoms with E-state index in [2.05, 4.69) is 10.1 Å². The van der Waals surface area contributed by atoms with Crippen molar-refractivity contribution < 1.29 is 19.4 Å². The largest absolute Gasteiger partial charge is 0.467 e. The fourth-order valence-corrected chi connectivity index (χ4v) is 0.625. The predicted molar refractivity (Wildman–Crippen MR) is 44.7 cm³/mol. The number of aliphatic hydroxyl groups excluding tert-OH is 1. The van der Waals surface area contributed by atoms with Crippen LogP contribution in [-0.2, 0) is 14.3 Å². The third-order valence-corrected chi connectivity index (χ3v) is 1.40.